The predicted octanol–water partition coefficient (Wildman–Crippen LogP) is 3.35. The zero-order valence-electron chi connectivity index (χ0n) is 16.7. The van der Waals surface area contributed by atoms with E-state index in [0.717, 1.165) is 11.1 Å². The number of amides is 1. The van der Waals surface area contributed by atoms with E-state index < -0.39 is 10.0 Å². The summed E-state index contributed by atoms with van der Waals surface area (Å²) in [7, 11) is -3.46. The van der Waals surface area contributed by atoms with Gasteiger partial charge >= 0.3 is 0 Å². The molecule has 0 heterocycles. The first-order valence-electron chi connectivity index (χ1n) is 9.47. The first kappa shape index (κ1) is 21.4. The van der Waals surface area contributed by atoms with Crippen LogP contribution in [0.5, 0.6) is 5.75 Å². The molecule has 0 fully saturated rings. The topological polar surface area (TPSA) is 75.7 Å². The Labute approximate surface area is 177 Å². The number of hydrogen-bond donors (Lipinski definition) is 1. The van der Waals surface area contributed by atoms with Crippen molar-refractivity contribution < 1.29 is 17.9 Å². The standard InChI is InChI=1S/C23H24N2O4S/c1-30(27,28)25(17-20-10-6-3-7-11-20)21-12-14-22(15-13-21)29-18-23(26)24-16-19-8-4-2-5-9-19/h2-15H,16-18H2,1H3,(H,24,26). The summed E-state index contributed by atoms with van der Waals surface area (Å²) in [5.41, 5.74) is 2.43. The maximum Gasteiger partial charge on any atom is 0.258 e. The van der Waals surface area contributed by atoms with Crippen molar-refractivity contribution in [3.8, 4) is 5.75 Å². The normalized spacial score (nSPS) is 11.0. The van der Waals surface area contributed by atoms with Gasteiger partial charge in [0.1, 0.15) is 5.75 Å². The van der Waals surface area contributed by atoms with E-state index in [-0.39, 0.29) is 19.1 Å². The fraction of sp³-hybridized carbons (Fsp3) is 0.174. The van der Waals surface area contributed by atoms with E-state index >= 15 is 0 Å². The first-order valence-corrected chi connectivity index (χ1v) is 11.3. The lowest BCUT2D eigenvalue weighted by Crippen LogP contribution is -2.29. The lowest BCUT2D eigenvalue weighted by Gasteiger charge is -2.22. The molecule has 0 unspecified atom stereocenters. The third kappa shape index (κ3) is 6.35. The predicted molar refractivity (Wildman–Crippen MR) is 118 cm³/mol. The van der Waals surface area contributed by atoms with Crippen molar-refractivity contribution in [2.75, 3.05) is 17.2 Å². The summed E-state index contributed by atoms with van der Waals surface area (Å²) in [6.45, 7) is 0.554. The molecule has 0 aliphatic heterocycles. The Morgan fingerprint density at radius 1 is 0.867 bits per heavy atom. The molecule has 0 radical (unpaired) electrons. The van der Waals surface area contributed by atoms with Crippen LogP contribution >= 0.6 is 0 Å². The Morgan fingerprint density at radius 3 is 2.00 bits per heavy atom. The largest absolute Gasteiger partial charge is 0.484 e. The van der Waals surface area contributed by atoms with E-state index in [2.05, 4.69) is 5.32 Å². The zero-order chi connectivity index (χ0) is 21.4. The molecule has 0 bridgehead atoms. The molecular formula is C23H24N2O4S. The van der Waals surface area contributed by atoms with Gasteiger partial charge in [-0.2, -0.15) is 0 Å². The summed E-state index contributed by atoms with van der Waals surface area (Å²) in [6.07, 6.45) is 1.18. The van der Waals surface area contributed by atoms with E-state index in [1.807, 2.05) is 60.7 Å². The minimum absolute atomic E-state index is 0.119. The summed E-state index contributed by atoms with van der Waals surface area (Å²) in [5.74, 6) is 0.256. The van der Waals surface area contributed by atoms with Crippen LogP contribution in [0.15, 0.2) is 84.9 Å². The number of benzene rings is 3. The van der Waals surface area contributed by atoms with Crippen LogP contribution in [-0.4, -0.2) is 27.2 Å². The van der Waals surface area contributed by atoms with Crippen LogP contribution in [0.3, 0.4) is 0 Å². The molecule has 156 valence electrons. The van der Waals surface area contributed by atoms with Crippen molar-refractivity contribution >= 4 is 21.6 Å². The molecule has 0 aliphatic rings. The van der Waals surface area contributed by atoms with Gasteiger partial charge in [-0.1, -0.05) is 60.7 Å². The summed E-state index contributed by atoms with van der Waals surface area (Å²) < 4.78 is 31.4. The molecule has 6 nitrogen and oxygen atoms in total. The Kier molecular flexibility index (Phi) is 7.08. The lowest BCUT2D eigenvalue weighted by molar-refractivity contribution is -0.123. The van der Waals surface area contributed by atoms with Crippen LogP contribution in [-0.2, 0) is 27.9 Å². The van der Waals surface area contributed by atoms with Gasteiger partial charge in [0.25, 0.3) is 5.91 Å². The Bertz CT molecular complexity index is 1050. The van der Waals surface area contributed by atoms with Gasteiger partial charge in [0, 0.05) is 6.54 Å². The minimum atomic E-state index is -3.46. The Morgan fingerprint density at radius 2 is 1.43 bits per heavy atom. The molecular weight excluding hydrogens is 400 g/mol. The number of rotatable bonds is 9. The highest BCUT2D eigenvalue weighted by molar-refractivity contribution is 7.92. The van der Waals surface area contributed by atoms with Crippen LogP contribution in [0.4, 0.5) is 5.69 Å². The fourth-order valence-electron chi connectivity index (χ4n) is 2.85. The second-order valence-corrected chi connectivity index (χ2v) is 8.71. The average molecular weight is 425 g/mol. The minimum Gasteiger partial charge on any atom is -0.484 e. The monoisotopic (exact) mass is 424 g/mol. The second-order valence-electron chi connectivity index (χ2n) is 6.80. The fourth-order valence-corrected chi connectivity index (χ4v) is 3.74. The van der Waals surface area contributed by atoms with Crippen molar-refractivity contribution in [2.24, 2.45) is 0 Å². The molecule has 0 saturated carbocycles. The number of sulfonamides is 1. The second kappa shape index (κ2) is 9.93. The van der Waals surface area contributed by atoms with Gasteiger partial charge in [-0.3, -0.25) is 9.10 Å². The van der Waals surface area contributed by atoms with Crippen molar-refractivity contribution in [3.63, 3.8) is 0 Å². The van der Waals surface area contributed by atoms with Gasteiger partial charge in [-0.25, -0.2) is 8.42 Å². The van der Waals surface area contributed by atoms with Crippen molar-refractivity contribution in [2.45, 2.75) is 13.1 Å². The maximum atomic E-state index is 12.3. The maximum absolute atomic E-state index is 12.3. The van der Waals surface area contributed by atoms with Crippen molar-refractivity contribution in [3.05, 3.63) is 96.1 Å². The van der Waals surface area contributed by atoms with E-state index in [1.165, 1.54) is 10.6 Å². The molecule has 1 amide bonds. The number of carbonyl (C=O) groups is 1. The highest BCUT2D eigenvalue weighted by atomic mass is 32.2. The number of carbonyl (C=O) groups excluding carboxylic acids is 1. The molecule has 1 N–H and O–H groups in total. The summed E-state index contributed by atoms with van der Waals surface area (Å²) in [6, 6.07) is 25.6. The molecule has 7 heteroatoms. The molecule has 0 saturated heterocycles. The number of hydrogen-bond acceptors (Lipinski definition) is 4. The van der Waals surface area contributed by atoms with Crippen LogP contribution < -0.4 is 14.4 Å². The van der Waals surface area contributed by atoms with Gasteiger partial charge < -0.3 is 10.1 Å². The van der Waals surface area contributed by atoms with E-state index in [9.17, 15) is 13.2 Å². The van der Waals surface area contributed by atoms with Crippen molar-refractivity contribution in [1.29, 1.82) is 0 Å². The van der Waals surface area contributed by atoms with Crippen LogP contribution in [0.25, 0.3) is 0 Å². The molecule has 0 atom stereocenters. The molecule has 3 rings (SSSR count). The Hall–Kier alpha value is -3.32. The van der Waals surface area contributed by atoms with Gasteiger partial charge in [0.2, 0.25) is 10.0 Å². The molecule has 3 aromatic rings. The third-order valence-corrected chi connectivity index (χ3v) is 5.54. The van der Waals surface area contributed by atoms with Crippen molar-refractivity contribution in [1.82, 2.24) is 5.32 Å². The molecule has 30 heavy (non-hydrogen) atoms. The van der Waals surface area contributed by atoms with Gasteiger partial charge in [0.15, 0.2) is 6.61 Å². The summed E-state index contributed by atoms with van der Waals surface area (Å²) >= 11 is 0. The van der Waals surface area contributed by atoms with Gasteiger partial charge in [-0.05, 0) is 35.4 Å². The highest BCUT2D eigenvalue weighted by Crippen LogP contribution is 2.23. The zero-order valence-corrected chi connectivity index (χ0v) is 17.5. The van der Waals surface area contributed by atoms with Crippen LogP contribution in [0, 0.1) is 0 Å². The summed E-state index contributed by atoms with van der Waals surface area (Å²) in [4.78, 5) is 12.0. The number of anilines is 1. The molecule has 0 aliphatic carbocycles. The number of ether oxygens (including phenoxy) is 1. The smallest absolute Gasteiger partial charge is 0.258 e. The third-order valence-electron chi connectivity index (χ3n) is 4.40. The van der Waals surface area contributed by atoms with E-state index in [4.69, 9.17) is 4.74 Å². The van der Waals surface area contributed by atoms with E-state index in [0.29, 0.717) is 18.0 Å². The van der Waals surface area contributed by atoms with Crippen LogP contribution in [0.2, 0.25) is 0 Å². The number of nitrogens with zero attached hydrogens (tertiary/aromatic N) is 1. The first-order chi connectivity index (χ1) is 14.4. The molecule has 0 spiro atoms. The van der Waals surface area contributed by atoms with Gasteiger partial charge in [-0.15, -0.1) is 0 Å². The van der Waals surface area contributed by atoms with E-state index in [1.54, 1.807) is 24.3 Å². The SMILES string of the molecule is CS(=O)(=O)N(Cc1ccccc1)c1ccc(OCC(=O)NCc2ccccc2)cc1. The molecule has 0 aromatic heterocycles. The number of nitrogens with one attached hydrogen (secondary N) is 1. The lowest BCUT2D eigenvalue weighted by atomic mass is 10.2. The Balaban J connectivity index is 1.58. The highest BCUT2D eigenvalue weighted by Gasteiger charge is 2.18. The van der Waals surface area contributed by atoms with Crippen LogP contribution in [0.1, 0.15) is 11.1 Å². The average Bonchev–Trinajstić information content (AvgIpc) is 2.76. The quantitative estimate of drug-likeness (QED) is 0.572. The molecule has 3 aromatic carbocycles. The van der Waals surface area contributed by atoms with Gasteiger partial charge in [0.05, 0.1) is 18.5 Å². The summed E-state index contributed by atoms with van der Waals surface area (Å²) in [5, 5.41) is 2.79.